The van der Waals surface area contributed by atoms with E-state index in [0.29, 0.717) is 0 Å². The summed E-state index contributed by atoms with van der Waals surface area (Å²) in [5.74, 6) is -2.24. The number of anilines is 1. The van der Waals surface area contributed by atoms with Crippen LogP contribution in [0.15, 0.2) is 35.6 Å². The highest BCUT2D eigenvalue weighted by molar-refractivity contribution is 6.02. The minimum absolute atomic E-state index is 0.0226. The highest BCUT2D eigenvalue weighted by atomic mass is 19.4. The number of nitrogens with two attached hydrogens (primary N) is 1. The van der Waals surface area contributed by atoms with Crippen LogP contribution in [0.3, 0.4) is 0 Å². The summed E-state index contributed by atoms with van der Waals surface area (Å²) in [4.78, 5) is 23.4. The van der Waals surface area contributed by atoms with Gasteiger partial charge in [0.25, 0.3) is 11.9 Å². The van der Waals surface area contributed by atoms with Gasteiger partial charge in [-0.1, -0.05) is 0 Å². The predicted octanol–water partition coefficient (Wildman–Crippen LogP) is 3.69. The molecule has 1 amide bonds. The van der Waals surface area contributed by atoms with Gasteiger partial charge in [0.2, 0.25) is 5.88 Å². The zero-order valence-electron chi connectivity index (χ0n) is 17.2. The van der Waals surface area contributed by atoms with Gasteiger partial charge in [0.1, 0.15) is 11.5 Å². The molecule has 2 atom stereocenters. The molecule has 0 bridgehead atoms. The molecule has 1 aliphatic rings. The number of halogens is 7. The largest absolute Gasteiger partial charge is 0.467 e. The molecule has 0 radical (unpaired) electrons. The van der Waals surface area contributed by atoms with Gasteiger partial charge in [-0.05, 0) is 25.1 Å². The number of amidine groups is 1. The highest BCUT2D eigenvalue weighted by Crippen LogP contribution is 2.41. The molecular formula is C19H16F7N5O3. The van der Waals surface area contributed by atoms with Gasteiger partial charge >= 0.3 is 12.4 Å². The number of aromatic nitrogens is 2. The maximum absolute atomic E-state index is 14.6. The molecule has 2 heterocycles. The van der Waals surface area contributed by atoms with E-state index in [-0.39, 0.29) is 16.9 Å². The van der Waals surface area contributed by atoms with Gasteiger partial charge in [-0.3, -0.25) is 4.79 Å². The lowest BCUT2D eigenvalue weighted by Gasteiger charge is -2.36. The number of rotatable bonds is 5. The van der Waals surface area contributed by atoms with Crippen LogP contribution in [0.1, 0.15) is 29.4 Å². The van der Waals surface area contributed by atoms with E-state index in [1.165, 1.54) is 6.92 Å². The predicted molar refractivity (Wildman–Crippen MR) is 102 cm³/mol. The van der Waals surface area contributed by atoms with Crippen molar-refractivity contribution in [3.63, 3.8) is 0 Å². The molecule has 8 nitrogen and oxygen atoms in total. The summed E-state index contributed by atoms with van der Waals surface area (Å²) in [5.41, 5.74) is 3.00. The number of hydrogen-bond acceptors (Lipinski definition) is 7. The fourth-order valence-corrected chi connectivity index (χ4v) is 3.09. The van der Waals surface area contributed by atoms with Crippen molar-refractivity contribution in [2.24, 2.45) is 10.7 Å². The van der Waals surface area contributed by atoms with E-state index in [1.54, 1.807) is 0 Å². The Bertz CT molecular complexity index is 1090. The van der Waals surface area contributed by atoms with Crippen LogP contribution in [-0.2, 0) is 10.3 Å². The Labute approximate surface area is 187 Å². The van der Waals surface area contributed by atoms with Gasteiger partial charge in [0.05, 0.1) is 17.9 Å². The van der Waals surface area contributed by atoms with Crippen molar-refractivity contribution < 1.29 is 45.0 Å². The van der Waals surface area contributed by atoms with Crippen LogP contribution < -0.4 is 15.8 Å². The molecule has 0 spiro atoms. The molecule has 0 fully saturated rings. The van der Waals surface area contributed by atoms with E-state index in [2.05, 4.69) is 29.8 Å². The van der Waals surface area contributed by atoms with E-state index < -0.39 is 60.6 Å². The number of nitrogens with one attached hydrogen (secondary N) is 1. The van der Waals surface area contributed by atoms with Crippen LogP contribution in [0, 0.1) is 5.82 Å². The first-order valence-electron chi connectivity index (χ1n) is 9.38. The summed E-state index contributed by atoms with van der Waals surface area (Å²) in [5, 5.41) is 2.35. The Morgan fingerprint density at radius 1 is 1.24 bits per heavy atom. The maximum atomic E-state index is 14.6. The minimum atomic E-state index is -4.78. The van der Waals surface area contributed by atoms with E-state index in [0.717, 1.165) is 30.6 Å². The lowest BCUT2D eigenvalue weighted by molar-refractivity contribution is -0.208. The molecule has 0 unspecified atom stereocenters. The van der Waals surface area contributed by atoms with Crippen LogP contribution in [0.5, 0.6) is 5.88 Å². The van der Waals surface area contributed by atoms with Crippen LogP contribution >= 0.6 is 0 Å². The monoisotopic (exact) mass is 495 g/mol. The zero-order valence-corrected chi connectivity index (χ0v) is 17.2. The van der Waals surface area contributed by atoms with Crippen molar-refractivity contribution in [3.8, 4) is 5.88 Å². The van der Waals surface area contributed by atoms with Crippen molar-refractivity contribution >= 4 is 17.6 Å². The molecule has 34 heavy (non-hydrogen) atoms. The zero-order chi connectivity index (χ0) is 25.3. The number of hydrogen-bond donors (Lipinski definition) is 2. The summed E-state index contributed by atoms with van der Waals surface area (Å²) >= 11 is 0. The second-order valence-corrected chi connectivity index (χ2v) is 7.37. The average Bonchev–Trinajstić information content (AvgIpc) is 2.72. The number of carbonyl (C=O) groups is 1. The van der Waals surface area contributed by atoms with Gasteiger partial charge < -0.3 is 20.5 Å². The molecular weight excluding hydrogens is 479 g/mol. The lowest BCUT2D eigenvalue weighted by atomic mass is 9.85. The molecule has 3 rings (SSSR count). The molecule has 1 aromatic heterocycles. The fourth-order valence-electron chi connectivity index (χ4n) is 3.09. The van der Waals surface area contributed by atoms with Gasteiger partial charge in [-0.25, -0.2) is 19.4 Å². The van der Waals surface area contributed by atoms with E-state index in [1.807, 2.05) is 0 Å². The first kappa shape index (κ1) is 25.0. The first-order chi connectivity index (χ1) is 15.7. The van der Waals surface area contributed by atoms with Crippen molar-refractivity contribution in [1.29, 1.82) is 0 Å². The second kappa shape index (κ2) is 8.95. The smallest absolute Gasteiger partial charge is 0.425 e. The molecule has 0 saturated carbocycles. The lowest BCUT2D eigenvalue weighted by Crippen LogP contribution is -2.46. The van der Waals surface area contributed by atoms with Gasteiger partial charge in [0, 0.05) is 17.7 Å². The van der Waals surface area contributed by atoms with E-state index in [4.69, 9.17) is 5.73 Å². The van der Waals surface area contributed by atoms with E-state index >= 15 is 0 Å². The average molecular weight is 495 g/mol. The highest BCUT2D eigenvalue weighted by Gasteiger charge is 2.50. The summed E-state index contributed by atoms with van der Waals surface area (Å²) in [6, 6.07) is 2.37. The number of amides is 1. The second-order valence-electron chi connectivity index (χ2n) is 7.37. The van der Waals surface area contributed by atoms with Crippen LogP contribution in [0.25, 0.3) is 0 Å². The number of aliphatic imine (C=N–C) groups is 1. The number of benzene rings is 1. The van der Waals surface area contributed by atoms with Crippen molar-refractivity contribution in [2.75, 3.05) is 11.9 Å². The van der Waals surface area contributed by atoms with Crippen molar-refractivity contribution in [3.05, 3.63) is 47.7 Å². The maximum Gasteiger partial charge on any atom is 0.425 e. The summed E-state index contributed by atoms with van der Waals surface area (Å²) < 4.78 is 99.5. The molecule has 0 saturated heterocycles. The van der Waals surface area contributed by atoms with Crippen LogP contribution in [0.2, 0.25) is 0 Å². The van der Waals surface area contributed by atoms with Crippen LogP contribution in [0.4, 0.5) is 36.4 Å². The molecule has 15 heteroatoms. The molecule has 1 aliphatic heterocycles. The molecule has 2 aromatic rings. The van der Waals surface area contributed by atoms with Crippen molar-refractivity contribution in [1.82, 2.24) is 9.97 Å². The first-order valence-corrected chi connectivity index (χ1v) is 9.38. The molecule has 1 aromatic carbocycles. The Morgan fingerprint density at radius 3 is 2.53 bits per heavy atom. The SMILES string of the molecule is C[C@@]1(c2cc(NC(=O)c3cnc(OCC(F)(F)F)cn3)ccc2F)C[C@@H](C(F)(F)F)OC(N)=N1. The molecule has 184 valence electrons. The van der Waals surface area contributed by atoms with E-state index in [9.17, 15) is 35.5 Å². The number of carbonyl (C=O) groups excluding carboxylic acids is 1. The Morgan fingerprint density at radius 2 is 1.94 bits per heavy atom. The number of alkyl halides is 6. The van der Waals surface area contributed by atoms with Crippen molar-refractivity contribution in [2.45, 2.75) is 37.3 Å². The summed E-state index contributed by atoms with van der Waals surface area (Å²) in [7, 11) is 0. The van der Waals surface area contributed by atoms with Gasteiger partial charge in [-0.2, -0.15) is 26.3 Å². The number of nitrogens with zero attached hydrogens (tertiary/aromatic N) is 3. The molecule has 0 aliphatic carbocycles. The van der Waals surface area contributed by atoms with Crippen LogP contribution in [-0.4, -0.2) is 47.0 Å². The Balaban J connectivity index is 1.79. The normalized spacial score (nSPS) is 20.8. The Hall–Kier alpha value is -3.65. The van der Waals surface area contributed by atoms with Gasteiger partial charge in [0.15, 0.2) is 12.7 Å². The molecule has 3 N–H and O–H groups in total. The topological polar surface area (TPSA) is 112 Å². The minimum Gasteiger partial charge on any atom is -0.467 e. The third kappa shape index (κ3) is 6.02. The summed E-state index contributed by atoms with van der Waals surface area (Å²) in [6.45, 7) is -0.367. The third-order valence-corrected chi connectivity index (χ3v) is 4.62. The van der Waals surface area contributed by atoms with Gasteiger partial charge in [-0.15, -0.1) is 0 Å². The fraction of sp³-hybridized carbons (Fsp3) is 0.368. The standard InChI is InChI=1S/C19H16F7N5O3/c1-17(5-13(19(24,25)26)34-16(27)31-17)10-4-9(2-3-11(10)20)30-15(32)12-6-29-14(7-28-12)33-8-18(21,22)23/h2-4,6-7,13H,5,8H2,1H3,(H2,27,31)(H,30,32)/t13-,17-/m0/s1. The summed E-state index contributed by atoms with van der Waals surface area (Å²) in [6.07, 6.45) is -10.8. The number of ether oxygens (including phenoxy) is 2. The quantitative estimate of drug-likeness (QED) is 0.613. The third-order valence-electron chi connectivity index (χ3n) is 4.62. The Kier molecular flexibility index (Phi) is 6.57.